The molecule has 1 atom stereocenters. The van der Waals surface area contributed by atoms with Crippen LogP contribution < -0.4 is 5.73 Å². The molecular weight excluding hydrogens is 298 g/mol. The number of nitrogens with zero attached hydrogens (tertiary/aromatic N) is 2. The summed E-state index contributed by atoms with van der Waals surface area (Å²) < 4.78 is 26.9. The molecule has 2 N–H and O–H groups in total. The van der Waals surface area contributed by atoms with Gasteiger partial charge in [-0.05, 0) is 31.7 Å². The Morgan fingerprint density at radius 2 is 2.10 bits per heavy atom. The third-order valence-electron chi connectivity index (χ3n) is 3.78. The van der Waals surface area contributed by atoms with E-state index in [0.29, 0.717) is 18.8 Å². The van der Waals surface area contributed by atoms with Crippen molar-refractivity contribution in [1.82, 2.24) is 9.21 Å². The topological polar surface area (TPSA) is 66.6 Å². The van der Waals surface area contributed by atoms with Crippen LogP contribution in [-0.4, -0.2) is 50.3 Å². The Labute approximate surface area is 125 Å². The van der Waals surface area contributed by atoms with Crippen LogP contribution in [0.3, 0.4) is 0 Å². The van der Waals surface area contributed by atoms with Crippen LogP contribution in [0, 0.1) is 0 Å². The average molecular weight is 318 g/mol. The zero-order valence-electron chi connectivity index (χ0n) is 11.7. The van der Waals surface area contributed by atoms with E-state index in [1.54, 1.807) is 6.07 Å². The van der Waals surface area contributed by atoms with Gasteiger partial charge in [0, 0.05) is 31.4 Å². The molecule has 1 aromatic rings. The van der Waals surface area contributed by atoms with Gasteiger partial charge in [0.1, 0.15) is 4.90 Å². The van der Waals surface area contributed by atoms with Crippen LogP contribution in [0.1, 0.15) is 13.3 Å². The molecule has 1 heterocycles. The Kier molecular flexibility index (Phi) is 4.59. The predicted octanol–water partition coefficient (Wildman–Crippen LogP) is 1.64. The van der Waals surface area contributed by atoms with Gasteiger partial charge in [0.15, 0.2) is 0 Å². The Balaban J connectivity index is 2.33. The molecule has 1 saturated heterocycles. The SMILES string of the molecule is CCC1CN(S(=O)(=O)c2cc(N)ccc2Cl)CCN1C. The molecule has 0 saturated carbocycles. The highest BCUT2D eigenvalue weighted by Crippen LogP contribution is 2.28. The van der Waals surface area contributed by atoms with Crippen molar-refractivity contribution in [2.75, 3.05) is 32.4 Å². The number of sulfonamides is 1. The number of likely N-dealkylation sites (N-methyl/N-ethyl adjacent to an activating group) is 1. The molecule has 0 radical (unpaired) electrons. The number of halogens is 1. The Morgan fingerprint density at radius 1 is 1.40 bits per heavy atom. The smallest absolute Gasteiger partial charge is 0.244 e. The number of anilines is 1. The normalized spacial score (nSPS) is 22.1. The van der Waals surface area contributed by atoms with Crippen LogP contribution in [0.25, 0.3) is 0 Å². The molecule has 7 heteroatoms. The molecule has 1 unspecified atom stereocenters. The van der Waals surface area contributed by atoms with E-state index in [2.05, 4.69) is 11.8 Å². The molecule has 0 bridgehead atoms. The quantitative estimate of drug-likeness (QED) is 0.861. The van der Waals surface area contributed by atoms with Crippen molar-refractivity contribution < 1.29 is 8.42 Å². The van der Waals surface area contributed by atoms with E-state index in [4.69, 9.17) is 17.3 Å². The van der Waals surface area contributed by atoms with E-state index < -0.39 is 10.0 Å². The summed E-state index contributed by atoms with van der Waals surface area (Å²) in [6.07, 6.45) is 0.910. The van der Waals surface area contributed by atoms with Crippen molar-refractivity contribution in [3.63, 3.8) is 0 Å². The maximum Gasteiger partial charge on any atom is 0.244 e. The summed E-state index contributed by atoms with van der Waals surface area (Å²) >= 11 is 6.03. The second-order valence-corrected chi connectivity index (χ2v) is 7.41. The number of nitrogen functional groups attached to an aromatic ring is 1. The van der Waals surface area contributed by atoms with E-state index >= 15 is 0 Å². The molecule has 20 heavy (non-hydrogen) atoms. The summed E-state index contributed by atoms with van der Waals surface area (Å²) in [5, 5.41) is 0.214. The van der Waals surface area contributed by atoms with Crippen molar-refractivity contribution in [3.8, 4) is 0 Å². The van der Waals surface area contributed by atoms with Gasteiger partial charge < -0.3 is 10.6 Å². The molecule has 5 nitrogen and oxygen atoms in total. The van der Waals surface area contributed by atoms with Crippen LogP contribution in [0.15, 0.2) is 23.1 Å². The third-order valence-corrected chi connectivity index (χ3v) is 6.13. The average Bonchev–Trinajstić information content (AvgIpc) is 2.41. The Hall–Kier alpha value is -0.820. The van der Waals surface area contributed by atoms with E-state index in [-0.39, 0.29) is 16.0 Å². The van der Waals surface area contributed by atoms with E-state index in [9.17, 15) is 8.42 Å². The Morgan fingerprint density at radius 3 is 2.75 bits per heavy atom. The number of rotatable bonds is 3. The summed E-state index contributed by atoms with van der Waals surface area (Å²) in [5.74, 6) is 0. The molecule has 0 amide bonds. The van der Waals surface area contributed by atoms with Crippen LogP contribution in [-0.2, 0) is 10.0 Å². The van der Waals surface area contributed by atoms with Gasteiger partial charge >= 0.3 is 0 Å². The minimum atomic E-state index is -3.59. The molecular formula is C13H20ClN3O2S. The first-order valence-corrected chi connectivity index (χ1v) is 8.43. The number of benzene rings is 1. The van der Waals surface area contributed by atoms with Crippen LogP contribution in [0.4, 0.5) is 5.69 Å². The zero-order chi connectivity index (χ0) is 14.9. The van der Waals surface area contributed by atoms with E-state index in [0.717, 1.165) is 13.0 Å². The van der Waals surface area contributed by atoms with Gasteiger partial charge in [-0.15, -0.1) is 0 Å². The predicted molar refractivity (Wildman–Crippen MR) is 81.3 cm³/mol. The molecule has 1 aliphatic rings. The van der Waals surface area contributed by atoms with Crippen LogP contribution >= 0.6 is 11.6 Å². The summed E-state index contributed by atoms with van der Waals surface area (Å²) in [5.41, 5.74) is 6.08. The molecule has 1 fully saturated rings. The van der Waals surface area contributed by atoms with Gasteiger partial charge in [0.25, 0.3) is 0 Å². The molecule has 112 valence electrons. The zero-order valence-corrected chi connectivity index (χ0v) is 13.3. The van der Waals surface area contributed by atoms with Gasteiger partial charge in [-0.1, -0.05) is 18.5 Å². The number of hydrogen-bond donors (Lipinski definition) is 1. The highest BCUT2D eigenvalue weighted by molar-refractivity contribution is 7.89. The lowest BCUT2D eigenvalue weighted by Crippen LogP contribution is -2.52. The number of nitrogens with two attached hydrogens (primary N) is 1. The van der Waals surface area contributed by atoms with Gasteiger partial charge in [-0.3, -0.25) is 0 Å². The van der Waals surface area contributed by atoms with Crippen molar-refractivity contribution in [2.45, 2.75) is 24.3 Å². The molecule has 0 spiro atoms. The second kappa shape index (κ2) is 5.89. The first-order valence-electron chi connectivity index (χ1n) is 6.61. The maximum atomic E-state index is 12.7. The summed E-state index contributed by atoms with van der Waals surface area (Å²) in [6, 6.07) is 4.78. The molecule has 1 aliphatic heterocycles. The summed E-state index contributed by atoms with van der Waals surface area (Å²) in [7, 11) is -1.57. The minimum absolute atomic E-state index is 0.0959. The minimum Gasteiger partial charge on any atom is -0.399 e. The van der Waals surface area contributed by atoms with Gasteiger partial charge in [-0.25, -0.2) is 8.42 Å². The van der Waals surface area contributed by atoms with Gasteiger partial charge in [-0.2, -0.15) is 4.31 Å². The number of hydrogen-bond acceptors (Lipinski definition) is 4. The van der Waals surface area contributed by atoms with E-state index in [1.807, 2.05) is 7.05 Å². The lowest BCUT2D eigenvalue weighted by molar-refractivity contribution is 0.144. The fourth-order valence-electron chi connectivity index (χ4n) is 2.43. The summed E-state index contributed by atoms with van der Waals surface area (Å²) in [4.78, 5) is 2.28. The van der Waals surface area contributed by atoms with Crippen molar-refractivity contribution in [1.29, 1.82) is 0 Å². The van der Waals surface area contributed by atoms with Crippen molar-refractivity contribution in [3.05, 3.63) is 23.2 Å². The lowest BCUT2D eigenvalue weighted by Gasteiger charge is -2.38. The first kappa shape index (κ1) is 15.6. The first-order chi connectivity index (χ1) is 9.36. The molecule has 2 rings (SSSR count). The second-order valence-electron chi connectivity index (χ2n) is 5.10. The fourth-order valence-corrected chi connectivity index (χ4v) is 4.41. The summed E-state index contributed by atoms with van der Waals surface area (Å²) in [6.45, 7) is 3.74. The monoisotopic (exact) mass is 317 g/mol. The van der Waals surface area contributed by atoms with E-state index in [1.165, 1.54) is 16.4 Å². The van der Waals surface area contributed by atoms with Crippen LogP contribution in [0.5, 0.6) is 0 Å². The number of piperazine rings is 1. The van der Waals surface area contributed by atoms with Crippen molar-refractivity contribution >= 4 is 27.3 Å². The highest BCUT2D eigenvalue weighted by Gasteiger charge is 2.33. The Bertz CT molecular complexity index is 591. The third kappa shape index (κ3) is 2.93. The fraction of sp³-hybridized carbons (Fsp3) is 0.538. The van der Waals surface area contributed by atoms with Crippen molar-refractivity contribution in [2.24, 2.45) is 0 Å². The van der Waals surface area contributed by atoms with Crippen LogP contribution in [0.2, 0.25) is 5.02 Å². The highest BCUT2D eigenvalue weighted by atomic mass is 35.5. The maximum absolute atomic E-state index is 12.7. The molecule has 1 aromatic carbocycles. The molecule has 0 aliphatic carbocycles. The van der Waals surface area contributed by atoms with Gasteiger partial charge in [0.2, 0.25) is 10.0 Å². The standard InChI is InChI=1S/C13H20ClN3O2S/c1-3-11-9-17(7-6-16(11)2)20(18,19)13-8-10(15)4-5-12(13)14/h4-5,8,11H,3,6-7,9,15H2,1-2H3. The lowest BCUT2D eigenvalue weighted by atomic mass is 10.1. The largest absolute Gasteiger partial charge is 0.399 e. The van der Waals surface area contributed by atoms with Gasteiger partial charge in [0.05, 0.1) is 5.02 Å². The molecule has 0 aromatic heterocycles.